The molecule has 1 aromatic rings. The fraction of sp³-hybridized carbons (Fsp3) is 0.533. The van der Waals surface area contributed by atoms with Crippen LogP contribution in [0.1, 0.15) is 18.4 Å². The van der Waals surface area contributed by atoms with E-state index in [4.69, 9.17) is 9.47 Å². The molecule has 20 heavy (non-hydrogen) atoms. The van der Waals surface area contributed by atoms with Gasteiger partial charge in [0.1, 0.15) is 11.5 Å². The molecule has 5 heteroatoms. The van der Waals surface area contributed by atoms with E-state index in [1.165, 1.54) is 0 Å². The molecule has 1 saturated heterocycles. The Kier molecular flexibility index (Phi) is 5.24. The molecule has 0 radical (unpaired) electrons. The highest BCUT2D eigenvalue weighted by molar-refractivity contribution is 5.76. The first-order chi connectivity index (χ1) is 9.72. The number of carbonyl (C=O) groups excluding carboxylic acids is 1. The number of ether oxygens (including phenoxy) is 2. The van der Waals surface area contributed by atoms with Gasteiger partial charge in [0, 0.05) is 19.0 Å². The van der Waals surface area contributed by atoms with Crippen molar-refractivity contribution >= 4 is 5.91 Å². The second-order valence-electron chi connectivity index (χ2n) is 4.94. The summed E-state index contributed by atoms with van der Waals surface area (Å²) in [5, 5.41) is 6.28. The van der Waals surface area contributed by atoms with Gasteiger partial charge in [-0.25, -0.2) is 0 Å². The Hall–Kier alpha value is -1.75. The molecule has 1 aliphatic heterocycles. The Bertz CT molecular complexity index is 456. The van der Waals surface area contributed by atoms with E-state index < -0.39 is 0 Å². The van der Waals surface area contributed by atoms with Gasteiger partial charge in [0.25, 0.3) is 0 Å². The molecule has 1 aliphatic rings. The van der Waals surface area contributed by atoms with E-state index >= 15 is 0 Å². The number of aryl methyl sites for hydroxylation is 1. The van der Waals surface area contributed by atoms with Crippen LogP contribution >= 0.6 is 0 Å². The third-order valence-electron chi connectivity index (χ3n) is 3.53. The van der Waals surface area contributed by atoms with Crippen molar-refractivity contribution in [3.63, 3.8) is 0 Å². The molecule has 2 N–H and O–H groups in total. The van der Waals surface area contributed by atoms with Crippen LogP contribution in [0.25, 0.3) is 0 Å². The van der Waals surface area contributed by atoms with Crippen LogP contribution in [0.3, 0.4) is 0 Å². The number of hydrogen-bond donors (Lipinski definition) is 2. The summed E-state index contributed by atoms with van der Waals surface area (Å²) in [6, 6.07) is 5.91. The van der Waals surface area contributed by atoms with Crippen molar-refractivity contribution in [1.29, 1.82) is 0 Å². The Labute approximate surface area is 119 Å². The zero-order valence-corrected chi connectivity index (χ0v) is 12.1. The van der Waals surface area contributed by atoms with Crippen LogP contribution in [-0.4, -0.2) is 39.3 Å². The fourth-order valence-electron chi connectivity index (χ4n) is 2.40. The summed E-state index contributed by atoms with van der Waals surface area (Å²) in [5.74, 6) is 1.66. The summed E-state index contributed by atoms with van der Waals surface area (Å²) in [6.07, 6.45) is 2.11. The Balaban J connectivity index is 1.90. The molecule has 0 saturated carbocycles. The average molecular weight is 278 g/mol. The van der Waals surface area contributed by atoms with Crippen molar-refractivity contribution in [2.24, 2.45) is 0 Å². The molecular weight excluding hydrogens is 256 g/mol. The van der Waals surface area contributed by atoms with Crippen molar-refractivity contribution in [3.05, 3.63) is 23.8 Å². The zero-order chi connectivity index (χ0) is 14.4. The number of methoxy groups -OCH3 is 2. The number of rotatable bonds is 6. The lowest BCUT2D eigenvalue weighted by Gasteiger charge is -2.13. The molecule has 0 bridgehead atoms. The van der Waals surface area contributed by atoms with Crippen LogP contribution in [-0.2, 0) is 11.2 Å². The molecule has 1 aromatic carbocycles. The maximum absolute atomic E-state index is 11.9. The third-order valence-corrected chi connectivity index (χ3v) is 3.53. The number of hydrogen-bond acceptors (Lipinski definition) is 4. The van der Waals surface area contributed by atoms with Crippen molar-refractivity contribution in [2.45, 2.75) is 25.3 Å². The second kappa shape index (κ2) is 7.14. The van der Waals surface area contributed by atoms with Gasteiger partial charge in [0.15, 0.2) is 0 Å². The molecule has 1 atom stereocenters. The SMILES string of the molecule is COc1ccc(OC)c(CCC(=O)NC2CCNC2)c1. The number of benzene rings is 1. The summed E-state index contributed by atoms with van der Waals surface area (Å²) >= 11 is 0. The normalized spacial score (nSPS) is 17.8. The quantitative estimate of drug-likeness (QED) is 0.818. The van der Waals surface area contributed by atoms with Crippen LogP contribution in [0.4, 0.5) is 0 Å². The van der Waals surface area contributed by atoms with Gasteiger partial charge in [0.05, 0.1) is 14.2 Å². The monoisotopic (exact) mass is 278 g/mol. The largest absolute Gasteiger partial charge is 0.497 e. The van der Waals surface area contributed by atoms with Crippen LogP contribution in [0, 0.1) is 0 Å². The van der Waals surface area contributed by atoms with Crippen molar-refractivity contribution in [1.82, 2.24) is 10.6 Å². The van der Waals surface area contributed by atoms with Gasteiger partial charge < -0.3 is 20.1 Å². The molecule has 1 amide bonds. The lowest BCUT2D eigenvalue weighted by molar-refractivity contribution is -0.121. The maximum atomic E-state index is 11.9. The first kappa shape index (κ1) is 14.7. The number of nitrogens with one attached hydrogen (secondary N) is 2. The van der Waals surface area contributed by atoms with Crippen LogP contribution < -0.4 is 20.1 Å². The van der Waals surface area contributed by atoms with E-state index in [1.54, 1.807) is 14.2 Å². The van der Waals surface area contributed by atoms with Crippen molar-refractivity contribution in [2.75, 3.05) is 27.3 Å². The average Bonchev–Trinajstić information content (AvgIpc) is 2.97. The van der Waals surface area contributed by atoms with Crippen LogP contribution in [0.15, 0.2) is 18.2 Å². The minimum absolute atomic E-state index is 0.0866. The van der Waals surface area contributed by atoms with E-state index in [0.717, 1.165) is 36.6 Å². The van der Waals surface area contributed by atoms with E-state index in [1.807, 2.05) is 18.2 Å². The Morgan fingerprint density at radius 2 is 2.25 bits per heavy atom. The summed E-state index contributed by atoms with van der Waals surface area (Å²) in [6.45, 7) is 1.85. The molecule has 2 rings (SSSR count). The standard InChI is InChI=1S/C15H22N2O3/c1-19-13-4-5-14(20-2)11(9-13)3-6-15(18)17-12-7-8-16-10-12/h4-5,9,12,16H,3,6-8,10H2,1-2H3,(H,17,18). The van der Waals surface area contributed by atoms with E-state index in [9.17, 15) is 4.79 Å². The Morgan fingerprint density at radius 3 is 2.90 bits per heavy atom. The predicted octanol–water partition coefficient (Wildman–Crippen LogP) is 1.11. The highest BCUT2D eigenvalue weighted by Gasteiger charge is 2.16. The predicted molar refractivity (Wildman–Crippen MR) is 77.3 cm³/mol. The summed E-state index contributed by atoms with van der Waals surface area (Å²) in [4.78, 5) is 11.9. The summed E-state index contributed by atoms with van der Waals surface area (Å²) in [7, 11) is 3.26. The second-order valence-corrected chi connectivity index (χ2v) is 4.94. The van der Waals surface area contributed by atoms with Crippen LogP contribution in [0.2, 0.25) is 0 Å². The van der Waals surface area contributed by atoms with Crippen molar-refractivity contribution < 1.29 is 14.3 Å². The minimum atomic E-state index is 0.0866. The maximum Gasteiger partial charge on any atom is 0.220 e. The molecular formula is C15H22N2O3. The van der Waals surface area contributed by atoms with E-state index in [2.05, 4.69) is 10.6 Å². The molecule has 110 valence electrons. The van der Waals surface area contributed by atoms with Gasteiger partial charge >= 0.3 is 0 Å². The summed E-state index contributed by atoms with van der Waals surface area (Å²) in [5.41, 5.74) is 0.992. The molecule has 1 fully saturated rings. The highest BCUT2D eigenvalue weighted by Crippen LogP contribution is 2.25. The molecule has 1 heterocycles. The lowest BCUT2D eigenvalue weighted by atomic mass is 10.1. The van der Waals surface area contributed by atoms with E-state index in [0.29, 0.717) is 12.8 Å². The molecule has 0 spiro atoms. The minimum Gasteiger partial charge on any atom is -0.497 e. The van der Waals surface area contributed by atoms with E-state index in [-0.39, 0.29) is 11.9 Å². The Morgan fingerprint density at radius 1 is 1.40 bits per heavy atom. The molecule has 5 nitrogen and oxygen atoms in total. The molecule has 1 unspecified atom stereocenters. The highest BCUT2D eigenvalue weighted by atomic mass is 16.5. The first-order valence-corrected chi connectivity index (χ1v) is 6.94. The smallest absolute Gasteiger partial charge is 0.220 e. The lowest BCUT2D eigenvalue weighted by Crippen LogP contribution is -2.36. The number of amides is 1. The van der Waals surface area contributed by atoms with Crippen LogP contribution in [0.5, 0.6) is 11.5 Å². The van der Waals surface area contributed by atoms with Crippen molar-refractivity contribution in [3.8, 4) is 11.5 Å². The summed E-state index contributed by atoms with van der Waals surface area (Å²) < 4.78 is 10.5. The van der Waals surface area contributed by atoms with Gasteiger partial charge in [-0.3, -0.25) is 4.79 Å². The van der Waals surface area contributed by atoms with Gasteiger partial charge in [-0.15, -0.1) is 0 Å². The first-order valence-electron chi connectivity index (χ1n) is 6.94. The topological polar surface area (TPSA) is 59.6 Å². The molecule has 0 aliphatic carbocycles. The van der Waals surface area contributed by atoms with Gasteiger partial charge in [0.2, 0.25) is 5.91 Å². The molecule has 0 aromatic heterocycles. The van der Waals surface area contributed by atoms with Gasteiger partial charge in [-0.1, -0.05) is 0 Å². The number of carbonyl (C=O) groups is 1. The zero-order valence-electron chi connectivity index (χ0n) is 12.1. The van der Waals surface area contributed by atoms with Gasteiger partial charge in [-0.05, 0) is 43.1 Å². The fourth-order valence-corrected chi connectivity index (χ4v) is 2.40. The van der Waals surface area contributed by atoms with Gasteiger partial charge in [-0.2, -0.15) is 0 Å². The third kappa shape index (κ3) is 3.87.